The zero-order valence-corrected chi connectivity index (χ0v) is 19.1. The van der Waals surface area contributed by atoms with Gasteiger partial charge in [0, 0.05) is 19.3 Å². The average Bonchev–Trinajstić information content (AvgIpc) is 3.38. The minimum absolute atomic E-state index is 0.729. The van der Waals surface area contributed by atoms with Gasteiger partial charge in [-0.2, -0.15) is 0 Å². The zero-order valence-electron chi connectivity index (χ0n) is 19.1. The van der Waals surface area contributed by atoms with E-state index in [1.807, 2.05) is 0 Å². The maximum absolute atomic E-state index is 5.70. The summed E-state index contributed by atoms with van der Waals surface area (Å²) in [5, 5.41) is 0. The minimum Gasteiger partial charge on any atom is -0.381 e. The minimum atomic E-state index is 0.729. The summed E-state index contributed by atoms with van der Waals surface area (Å²) in [6.07, 6.45) is 14.2. The molecule has 29 heavy (non-hydrogen) atoms. The first-order valence-corrected chi connectivity index (χ1v) is 12.5. The van der Waals surface area contributed by atoms with Gasteiger partial charge in [0.15, 0.2) is 0 Å². The third kappa shape index (κ3) is 3.81. The van der Waals surface area contributed by atoms with Crippen LogP contribution in [0, 0.1) is 32.1 Å². The van der Waals surface area contributed by atoms with Crippen LogP contribution in [0.1, 0.15) is 91.5 Å². The third-order valence-electron chi connectivity index (χ3n) is 9.42. The van der Waals surface area contributed by atoms with Crippen LogP contribution < -0.4 is 0 Å². The fraction of sp³-hybridized carbons (Fsp3) is 0.778. The van der Waals surface area contributed by atoms with Crippen molar-refractivity contribution in [3.63, 3.8) is 0 Å². The number of nitrogens with zero attached hydrogens (tertiary/aromatic N) is 1. The van der Waals surface area contributed by atoms with E-state index in [0.29, 0.717) is 0 Å². The largest absolute Gasteiger partial charge is 0.381 e. The molecule has 2 atom stereocenters. The molecule has 1 aromatic rings. The van der Waals surface area contributed by atoms with Crippen LogP contribution in [0.3, 0.4) is 0 Å². The number of hydrogen-bond donors (Lipinski definition) is 0. The molecule has 2 saturated carbocycles. The normalized spacial score (nSPS) is 30.2. The van der Waals surface area contributed by atoms with Gasteiger partial charge in [-0.3, -0.25) is 0 Å². The lowest BCUT2D eigenvalue weighted by atomic mass is 9.67. The molecule has 160 valence electrons. The van der Waals surface area contributed by atoms with Gasteiger partial charge in [-0.05, 0) is 137 Å². The predicted molar refractivity (Wildman–Crippen MR) is 121 cm³/mol. The molecular formula is C27H41NO. The van der Waals surface area contributed by atoms with Crippen LogP contribution in [0.5, 0.6) is 0 Å². The fourth-order valence-corrected chi connectivity index (χ4v) is 7.03. The number of ether oxygens (including phenoxy) is 1. The van der Waals surface area contributed by atoms with Gasteiger partial charge in [0.2, 0.25) is 0 Å². The summed E-state index contributed by atoms with van der Waals surface area (Å²) in [7, 11) is 0. The van der Waals surface area contributed by atoms with Gasteiger partial charge in [-0.15, -0.1) is 0 Å². The van der Waals surface area contributed by atoms with E-state index in [4.69, 9.17) is 4.74 Å². The van der Waals surface area contributed by atoms with Crippen molar-refractivity contribution in [1.29, 1.82) is 0 Å². The standard InChI is InChI=1S/C27H41NO/c1-19-15-26(25(21(3)20(19)2)16-22-8-14-29-18-22)23-6-12-28(13-7-23)24-5-11-27(17-24)9-4-10-27/h15,22-24H,4-14,16-18H2,1-3H3/t22?,24-/m1/s1. The molecule has 0 amide bonds. The van der Waals surface area contributed by atoms with Gasteiger partial charge < -0.3 is 9.64 Å². The Kier molecular flexibility index (Phi) is 5.54. The first-order valence-electron chi connectivity index (χ1n) is 12.5. The Labute approximate surface area is 178 Å². The maximum Gasteiger partial charge on any atom is 0.0498 e. The van der Waals surface area contributed by atoms with E-state index < -0.39 is 0 Å². The fourth-order valence-electron chi connectivity index (χ4n) is 7.03. The van der Waals surface area contributed by atoms with Crippen LogP contribution in [0.15, 0.2) is 6.07 Å². The highest BCUT2D eigenvalue weighted by molar-refractivity contribution is 5.46. The molecule has 0 aromatic heterocycles. The molecule has 2 heterocycles. The van der Waals surface area contributed by atoms with Crippen molar-refractivity contribution in [2.75, 3.05) is 26.3 Å². The second kappa shape index (κ2) is 8.00. The quantitative estimate of drug-likeness (QED) is 0.611. The lowest BCUT2D eigenvalue weighted by molar-refractivity contribution is 0.104. The second-order valence-corrected chi connectivity index (χ2v) is 11.0. The molecule has 0 N–H and O–H groups in total. The lowest BCUT2D eigenvalue weighted by Gasteiger charge is -2.41. The SMILES string of the molecule is Cc1cc(C2CCN([C@@H]3CCC4(CCC4)C3)CC2)c(CC2CCOC2)c(C)c1C. The summed E-state index contributed by atoms with van der Waals surface area (Å²) in [6, 6.07) is 3.46. The van der Waals surface area contributed by atoms with Gasteiger partial charge >= 0.3 is 0 Å². The Morgan fingerprint density at radius 2 is 1.79 bits per heavy atom. The number of aryl methyl sites for hydroxylation is 1. The molecule has 2 nitrogen and oxygen atoms in total. The molecule has 2 saturated heterocycles. The highest BCUT2D eigenvalue weighted by Crippen LogP contribution is 2.54. The number of benzene rings is 1. The lowest BCUT2D eigenvalue weighted by Crippen LogP contribution is -2.41. The first kappa shape index (κ1) is 20.1. The van der Waals surface area contributed by atoms with Crippen molar-refractivity contribution in [2.45, 2.75) is 96.9 Å². The van der Waals surface area contributed by atoms with E-state index in [1.54, 1.807) is 16.7 Å². The number of hydrogen-bond acceptors (Lipinski definition) is 2. The number of piperidine rings is 1. The van der Waals surface area contributed by atoms with Crippen molar-refractivity contribution in [1.82, 2.24) is 4.90 Å². The van der Waals surface area contributed by atoms with Gasteiger partial charge in [-0.1, -0.05) is 12.5 Å². The van der Waals surface area contributed by atoms with E-state index in [9.17, 15) is 0 Å². The zero-order chi connectivity index (χ0) is 20.0. The molecule has 2 aliphatic carbocycles. The Morgan fingerprint density at radius 3 is 2.41 bits per heavy atom. The van der Waals surface area contributed by atoms with Gasteiger partial charge in [0.05, 0.1) is 0 Å². The molecule has 0 bridgehead atoms. The average molecular weight is 396 g/mol. The molecule has 1 unspecified atom stereocenters. The summed E-state index contributed by atoms with van der Waals surface area (Å²) < 4.78 is 5.70. The maximum atomic E-state index is 5.70. The van der Waals surface area contributed by atoms with Crippen LogP contribution in [0.25, 0.3) is 0 Å². The molecule has 1 aromatic carbocycles. The third-order valence-corrected chi connectivity index (χ3v) is 9.42. The topological polar surface area (TPSA) is 12.5 Å². The molecule has 1 spiro atoms. The predicted octanol–water partition coefficient (Wildman–Crippen LogP) is 6.09. The smallest absolute Gasteiger partial charge is 0.0498 e. The van der Waals surface area contributed by atoms with Crippen molar-refractivity contribution < 1.29 is 4.74 Å². The van der Waals surface area contributed by atoms with Gasteiger partial charge in [0.25, 0.3) is 0 Å². The van der Waals surface area contributed by atoms with E-state index in [1.165, 1.54) is 88.4 Å². The molecule has 4 fully saturated rings. The van der Waals surface area contributed by atoms with E-state index in [2.05, 4.69) is 31.7 Å². The van der Waals surface area contributed by atoms with E-state index >= 15 is 0 Å². The summed E-state index contributed by atoms with van der Waals surface area (Å²) in [4.78, 5) is 2.88. The molecule has 2 aliphatic heterocycles. The molecular weight excluding hydrogens is 354 g/mol. The van der Waals surface area contributed by atoms with Crippen LogP contribution in [0.4, 0.5) is 0 Å². The molecule has 5 rings (SSSR count). The Morgan fingerprint density at radius 1 is 1.00 bits per heavy atom. The van der Waals surface area contributed by atoms with Crippen molar-refractivity contribution in [3.8, 4) is 0 Å². The van der Waals surface area contributed by atoms with Crippen molar-refractivity contribution in [2.24, 2.45) is 11.3 Å². The monoisotopic (exact) mass is 395 g/mol. The van der Waals surface area contributed by atoms with Crippen LogP contribution in [-0.2, 0) is 11.2 Å². The number of likely N-dealkylation sites (tertiary alicyclic amines) is 1. The summed E-state index contributed by atoms with van der Waals surface area (Å²) in [5.74, 6) is 1.49. The van der Waals surface area contributed by atoms with Gasteiger partial charge in [-0.25, -0.2) is 0 Å². The summed E-state index contributed by atoms with van der Waals surface area (Å²) >= 11 is 0. The summed E-state index contributed by atoms with van der Waals surface area (Å²) in [5.41, 5.74) is 8.72. The van der Waals surface area contributed by atoms with Gasteiger partial charge in [0.1, 0.15) is 0 Å². The molecule has 0 radical (unpaired) electrons. The van der Waals surface area contributed by atoms with Crippen molar-refractivity contribution in [3.05, 3.63) is 33.9 Å². The van der Waals surface area contributed by atoms with E-state index in [0.717, 1.165) is 36.5 Å². The summed E-state index contributed by atoms with van der Waals surface area (Å²) in [6.45, 7) is 11.6. The van der Waals surface area contributed by atoms with Crippen LogP contribution >= 0.6 is 0 Å². The van der Waals surface area contributed by atoms with Crippen LogP contribution in [0.2, 0.25) is 0 Å². The second-order valence-electron chi connectivity index (χ2n) is 11.0. The Bertz CT molecular complexity index is 735. The van der Waals surface area contributed by atoms with Crippen molar-refractivity contribution >= 4 is 0 Å². The highest BCUT2D eigenvalue weighted by atomic mass is 16.5. The Hall–Kier alpha value is -0.860. The highest BCUT2D eigenvalue weighted by Gasteiger charge is 2.45. The Balaban J connectivity index is 1.29. The first-order chi connectivity index (χ1) is 14.0. The van der Waals surface area contributed by atoms with Crippen LogP contribution in [-0.4, -0.2) is 37.2 Å². The number of rotatable bonds is 4. The molecule has 4 aliphatic rings. The van der Waals surface area contributed by atoms with E-state index in [-0.39, 0.29) is 0 Å². The molecule has 2 heteroatoms.